The van der Waals surface area contributed by atoms with Gasteiger partial charge in [-0.3, -0.25) is 9.98 Å². The maximum absolute atomic E-state index is 11.6. The third-order valence-corrected chi connectivity index (χ3v) is 7.24. The lowest BCUT2D eigenvalue weighted by molar-refractivity contribution is -0.210. The number of rotatable bonds is 28. The number of amides is 2. The predicted octanol–water partition coefficient (Wildman–Crippen LogP) is 1.87. The summed E-state index contributed by atoms with van der Waals surface area (Å²) in [7, 11) is 0. The molecule has 0 aromatic rings. The molecule has 0 saturated heterocycles. The molecule has 39 heavy (non-hydrogen) atoms. The van der Waals surface area contributed by atoms with Crippen LogP contribution in [0.25, 0.3) is 0 Å². The standard InChI is InChI=1S/C20H38N4O10S5/c25-15-38-17-30-20(28)24-4-10-36-7-1-21-13-32-31-6-12-37-11-5-29-19(27)23-3-9-35-8-2-22-14-33-34-18-39-16-26/h13-14,25-26H,1-12,15-18H2,(H,23,27)(H,24,28)/b21-13+,22-14-. The van der Waals surface area contributed by atoms with Crippen molar-refractivity contribution in [1.29, 1.82) is 0 Å². The second kappa shape index (κ2) is 33.3. The van der Waals surface area contributed by atoms with Crippen LogP contribution in [0.3, 0.4) is 0 Å². The molecule has 2 amide bonds. The van der Waals surface area contributed by atoms with Crippen molar-refractivity contribution in [1.82, 2.24) is 10.6 Å². The summed E-state index contributed by atoms with van der Waals surface area (Å²) in [5, 5.41) is 22.4. The van der Waals surface area contributed by atoms with Crippen LogP contribution >= 0.6 is 58.8 Å². The van der Waals surface area contributed by atoms with Crippen molar-refractivity contribution in [3.8, 4) is 0 Å². The molecule has 0 saturated carbocycles. The van der Waals surface area contributed by atoms with Gasteiger partial charge in [0.05, 0.1) is 25.0 Å². The average Bonchev–Trinajstić information content (AvgIpc) is 2.93. The zero-order chi connectivity index (χ0) is 28.5. The second-order valence-corrected chi connectivity index (χ2v) is 11.8. The van der Waals surface area contributed by atoms with Crippen molar-refractivity contribution < 1.29 is 48.8 Å². The molecule has 4 N–H and O–H groups in total. The molecular weight excluding hydrogens is 617 g/mol. The maximum Gasteiger partial charge on any atom is 0.408 e. The Balaban J connectivity index is 3.28. The Kier molecular flexibility index (Phi) is 32.5. The van der Waals surface area contributed by atoms with Gasteiger partial charge in [-0.25, -0.2) is 9.59 Å². The van der Waals surface area contributed by atoms with Crippen molar-refractivity contribution >= 4 is 83.8 Å². The fourth-order valence-corrected chi connectivity index (χ4v) is 4.31. The van der Waals surface area contributed by atoms with Gasteiger partial charge >= 0.3 is 12.2 Å². The third kappa shape index (κ3) is 33.2. The summed E-state index contributed by atoms with van der Waals surface area (Å²) in [5.74, 6) is 4.59. The molecule has 0 aromatic heterocycles. The van der Waals surface area contributed by atoms with E-state index in [2.05, 4.69) is 25.5 Å². The monoisotopic (exact) mass is 654 g/mol. The molecule has 0 bridgehead atoms. The Labute approximate surface area is 250 Å². The number of ether oxygens (including phenoxy) is 2. The van der Waals surface area contributed by atoms with Crippen molar-refractivity contribution in [3.05, 3.63) is 0 Å². The van der Waals surface area contributed by atoms with Gasteiger partial charge < -0.3 is 40.1 Å². The lowest BCUT2D eigenvalue weighted by atomic mass is 10.7. The Morgan fingerprint density at radius 3 is 1.82 bits per heavy atom. The molecule has 228 valence electrons. The molecule has 0 rings (SSSR count). The number of carbonyl (C=O) groups is 2. The number of hydrogen-bond donors (Lipinski definition) is 4. The highest BCUT2D eigenvalue weighted by Gasteiger charge is 2.01. The number of aliphatic imine (C=N–C) groups is 2. The Morgan fingerprint density at radius 1 is 0.641 bits per heavy atom. The molecule has 0 atom stereocenters. The van der Waals surface area contributed by atoms with Crippen molar-refractivity contribution in [2.45, 2.75) is 0 Å². The van der Waals surface area contributed by atoms with Gasteiger partial charge in [-0.2, -0.15) is 45.1 Å². The topological polar surface area (TPSA) is 179 Å². The number of carbonyl (C=O) groups excluding carboxylic acids is 2. The summed E-state index contributed by atoms with van der Waals surface area (Å²) in [5.41, 5.74) is 0. The normalized spacial score (nSPS) is 11.1. The van der Waals surface area contributed by atoms with Gasteiger partial charge in [-0.05, 0) is 0 Å². The van der Waals surface area contributed by atoms with E-state index in [0.29, 0.717) is 50.9 Å². The molecular formula is C20H38N4O10S5. The van der Waals surface area contributed by atoms with Gasteiger partial charge in [0, 0.05) is 47.6 Å². The predicted molar refractivity (Wildman–Crippen MR) is 161 cm³/mol. The van der Waals surface area contributed by atoms with Crippen LogP contribution in [-0.4, -0.2) is 133 Å². The number of nitrogens with one attached hydrogen (secondary N) is 2. The quantitative estimate of drug-likeness (QED) is 0.0240. The number of alkyl carbamates (subject to hydrolysis) is 2. The molecule has 0 radical (unpaired) electrons. The minimum atomic E-state index is -0.498. The molecule has 0 aromatic carbocycles. The van der Waals surface area contributed by atoms with Gasteiger partial charge in [0.25, 0.3) is 0 Å². The summed E-state index contributed by atoms with van der Waals surface area (Å²) in [4.78, 5) is 50.2. The second-order valence-electron chi connectivity index (χ2n) is 6.32. The summed E-state index contributed by atoms with van der Waals surface area (Å²) in [6, 6.07) is 0. The highest BCUT2D eigenvalue weighted by Crippen LogP contribution is 2.02. The van der Waals surface area contributed by atoms with E-state index in [1.165, 1.54) is 24.6 Å². The highest BCUT2D eigenvalue weighted by atomic mass is 32.2. The Hall–Kier alpha value is -0.930. The molecule has 19 heteroatoms. The van der Waals surface area contributed by atoms with Gasteiger partial charge in [-0.1, -0.05) is 11.8 Å². The van der Waals surface area contributed by atoms with E-state index < -0.39 is 12.2 Å². The minimum absolute atomic E-state index is 0.0273. The zero-order valence-electron chi connectivity index (χ0n) is 21.6. The number of nitrogens with zero attached hydrogens (tertiary/aromatic N) is 2. The molecule has 0 spiro atoms. The van der Waals surface area contributed by atoms with Crippen LogP contribution in [-0.2, 0) is 29.0 Å². The summed E-state index contributed by atoms with van der Waals surface area (Å²) < 4.78 is 9.90. The minimum Gasteiger partial charge on any atom is -0.449 e. The Morgan fingerprint density at radius 2 is 1.18 bits per heavy atom. The number of thioether (sulfide) groups is 5. The first-order chi connectivity index (χ1) is 19.2. The third-order valence-electron chi connectivity index (χ3n) is 3.49. The van der Waals surface area contributed by atoms with Crippen molar-refractivity contribution in [3.63, 3.8) is 0 Å². The van der Waals surface area contributed by atoms with E-state index in [1.807, 2.05) is 0 Å². The first-order valence-electron chi connectivity index (χ1n) is 11.7. The van der Waals surface area contributed by atoms with Crippen LogP contribution in [0.15, 0.2) is 9.98 Å². The SMILES string of the molecule is O=C(NCCSCC/N=C\OOCSCO)OCCSCCOO/C=N/CCSCCNC(=O)OCSCO. The van der Waals surface area contributed by atoms with Crippen LogP contribution in [0, 0.1) is 0 Å². The first kappa shape index (κ1) is 38.1. The van der Waals surface area contributed by atoms with Crippen LogP contribution in [0.2, 0.25) is 0 Å². The first-order valence-corrected chi connectivity index (χ1v) is 17.4. The number of hydrogen-bond acceptors (Lipinski definition) is 17. The largest absolute Gasteiger partial charge is 0.449 e. The van der Waals surface area contributed by atoms with Crippen LogP contribution in [0.4, 0.5) is 9.59 Å². The lowest BCUT2D eigenvalue weighted by Crippen LogP contribution is -2.27. The van der Waals surface area contributed by atoms with Gasteiger partial charge in [-0.15, -0.1) is 11.8 Å². The molecule has 0 aliphatic rings. The summed E-state index contributed by atoms with van der Waals surface area (Å²) in [6.45, 7) is 2.80. The van der Waals surface area contributed by atoms with E-state index >= 15 is 0 Å². The summed E-state index contributed by atoms with van der Waals surface area (Å²) in [6.07, 6.45) is 1.53. The van der Waals surface area contributed by atoms with E-state index in [-0.39, 0.29) is 23.8 Å². The molecule has 0 unspecified atom stereocenters. The van der Waals surface area contributed by atoms with Gasteiger partial charge in [0.15, 0.2) is 0 Å². The fourth-order valence-electron chi connectivity index (χ4n) is 1.89. The van der Waals surface area contributed by atoms with Gasteiger partial charge in [0.2, 0.25) is 12.8 Å². The van der Waals surface area contributed by atoms with E-state index in [4.69, 9.17) is 34.3 Å². The summed E-state index contributed by atoms with van der Waals surface area (Å²) >= 11 is 7.12. The van der Waals surface area contributed by atoms with Crippen molar-refractivity contribution in [2.24, 2.45) is 9.98 Å². The van der Waals surface area contributed by atoms with Crippen molar-refractivity contribution in [2.75, 3.05) is 97.7 Å². The molecule has 0 aliphatic carbocycles. The molecule has 0 heterocycles. The molecule has 0 fully saturated rings. The van der Waals surface area contributed by atoms with E-state index in [0.717, 1.165) is 34.8 Å². The fraction of sp³-hybridized carbons (Fsp3) is 0.800. The number of aliphatic hydroxyl groups is 2. The highest BCUT2D eigenvalue weighted by molar-refractivity contribution is 8.00. The molecule has 0 aliphatic heterocycles. The lowest BCUT2D eigenvalue weighted by Gasteiger charge is -2.06. The molecule has 14 nitrogen and oxygen atoms in total. The van der Waals surface area contributed by atoms with Gasteiger partial charge in [0.1, 0.15) is 25.1 Å². The average molecular weight is 655 g/mol. The smallest absolute Gasteiger partial charge is 0.408 e. The zero-order valence-corrected chi connectivity index (χ0v) is 25.6. The van der Waals surface area contributed by atoms with Crippen LogP contribution < -0.4 is 10.6 Å². The van der Waals surface area contributed by atoms with Crippen LogP contribution in [0.5, 0.6) is 0 Å². The van der Waals surface area contributed by atoms with E-state index in [1.54, 1.807) is 35.3 Å². The Bertz CT molecular complexity index is 629. The number of aliphatic hydroxyl groups excluding tert-OH is 2. The van der Waals surface area contributed by atoms with E-state index in [9.17, 15) is 9.59 Å². The van der Waals surface area contributed by atoms with Crippen LogP contribution in [0.1, 0.15) is 0 Å². The maximum atomic E-state index is 11.6.